The minimum atomic E-state index is 0.176. The first-order valence-electron chi connectivity index (χ1n) is 4.83. The summed E-state index contributed by atoms with van der Waals surface area (Å²) < 4.78 is 5.01. The number of hydrogen-bond acceptors (Lipinski definition) is 3. The molecule has 1 heterocycles. The number of carbonyl (C=O) groups is 1. The zero-order chi connectivity index (χ0) is 10.6. The minimum absolute atomic E-state index is 0.176. The van der Waals surface area contributed by atoms with Crippen molar-refractivity contribution < 1.29 is 9.53 Å². The van der Waals surface area contributed by atoms with Crippen LogP contribution < -0.4 is 5.32 Å². The van der Waals surface area contributed by atoms with E-state index in [4.69, 9.17) is 4.74 Å². The van der Waals surface area contributed by atoms with E-state index in [9.17, 15) is 4.79 Å². The summed E-state index contributed by atoms with van der Waals surface area (Å²) in [5.41, 5.74) is 0. The van der Waals surface area contributed by atoms with E-state index < -0.39 is 0 Å². The molecular weight excluding hydrogens is 178 g/mol. The Kier molecular flexibility index (Phi) is 9.48. The Bertz CT molecular complexity index is 151. The molecule has 14 heavy (non-hydrogen) atoms. The van der Waals surface area contributed by atoms with E-state index in [-0.39, 0.29) is 5.78 Å². The van der Waals surface area contributed by atoms with E-state index in [2.05, 4.69) is 18.5 Å². The number of carbonyl (C=O) groups excluding carboxylic acids is 1. The van der Waals surface area contributed by atoms with Gasteiger partial charge < -0.3 is 10.1 Å². The van der Waals surface area contributed by atoms with Crippen LogP contribution in [0.4, 0.5) is 0 Å². The van der Waals surface area contributed by atoms with Crippen LogP contribution in [0.2, 0.25) is 0 Å². The summed E-state index contributed by atoms with van der Waals surface area (Å²) in [5.74, 6) is 0.176. The second-order valence-corrected chi connectivity index (χ2v) is 2.89. The zero-order valence-corrected chi connectivity index (χ0v) is 8.63. The van der Waals surface area contributed by atoms with Gasteiger partial charge in [-0.05, 0) is 0 Å². The van der Waals surface area contributed by atoms with Crippen molar-refractivity contribution in [2.24, 2.45) is 0 Å². The molecule has 0 aromatic rings. The van der Waals surface area contributed by atoms with Crippen molar-refractivity contribution in [3.05, 3.63) is 25.3 Å². The molecule has 0 atom stereocenters. The number of morpholine rings is 1. The summed E-state index contributed by atoms with van der Waals surface area (Å²) >= 11 is 0. The molecule has 1 rings (SSSR count). The molecule has 3 nitrogen and oxygen atoms in total. The predicted molar refractivity (Wildman–Crippen MR) is 58.3 cm³/mol. The SMILES string of the molecule is C1COCCN1.C=CCC(=O)CC=C. The monoisotopic (exact) mass is 197 g/mol. The Hall–Kier alpha value is -0.930. The van der Waals surface area contributed by atoms with Crippen molar-refractivity contribution in [2.75, 3.05) is 26.3 Å². The van der Waals surface area contributed by atoms with Gasteiger partial charge >= 0.3 is 0 Å². The fourth-order valence-corrected chi connectivity index (χ4v) is 0.921. The van der Waals surface area contributed by atoms with E-state index in [0.29, 0.717) is 12.8 Å². The summed E-state index contributed by atoms with van der Waals surface area (Å²) in [6.45, 7) is 10.7. The first-order valence-corrected chi connectivity index (χ1v) is 4.83. The quantitative estimate of drug-likeness (QED) is 0.691. The van der Waals surface area contributed by atoms with E-state index in [1.165, 1.54) is 0 Å². The van der Waals surface area contributed by atoms with E-state index in [1.54, 1.807) is 12.2 Å². The topological polar surface area (TPSA) is 38.3 Å². The highest BCUT2D eigenvalue weighted by atomic mass is 16.5. The highest BCUT2D eigenvalue weighted by molar-refractivity contribution is 5.80. The maximum Gasteiger partial charge on any atom is 0.140 e. The Morgan fingerprint density at radius 1 is 1.21 bits per heavy atom. The number of ether oxygens (including phenoxy) is 1. The van der Waals surface area contributed by atoms with Gasteiger partial charge in [0.05, 0.1) is 13.2 Å². The lowest BCUT2D eigenvalue weighted by Gasteiger charge is -2.10. The third-order valence-electron chi connectivity index (χ3n) is 1.59. The van der Waals surface area contributed by atoms with Crippen molar-refractivity contribution in [3.8, 4) is 0 Å². The predicted octanol–water partition coefficient (Wildman–Crippen LogP) is 1.31. The molecule has 80 valence electrons. The largest absolute Gasteiger partial charge is 0.379 e. The van der Waals surface area contributed by atoms with Crippen LogP contribution in [0.1, 0.15) is 12.8 Å². The summed E-state index contributed by atoms with van der Waals surface area (Å²) in [6.07, 6.45) is 4.13. The molecule has 1 N–H and O–H groups in total. The lowest BCUT2D eigenvalue weighted by molar-refractivity contribution is -0.117. The van der Waals surface area contributed by atoms with Crippen molar-refractivity contribution in [1.82, 2.24) is 5.32 Å². The fourth-order valence-electron chi connectivity index (χ4n) is 0.921. The Labute approximate surface area is 85.8 Å². The van der Waals surface area contributed by atoms with Gasteiger partial charge in [-0.2, -0.15) is 0 Å². The maximum atomic E-state index is 10.5. The molecule has 1 fully saturated rings. The molecule has 1 aliphatic rings. The zero-order valence-electron chi connectivity index (χ0n) is 8.63. The van der Waals surface area contributed by atoms with E-state index in [1.807, 2.05) is 0 Å². The lowest BCUT2D eigenvalue weighted by atomic mass is 10.2. The van der Waals surface area contributed by atoms with Gasteiger partial charge in [0.15, 0.2) is 0 Å². The summed E-state index contributed by atoms with van der Waals surface area (Å²) in [6, 6.07) is 0. The molecule has 0 aromatic heterocycles. The maximum absolute atomic E-state index is 10.5. The molecule has 0 spiro atoms. The van der Waals surface area contributed by atoms with Crippen LogP contribution in [0.5, 0.6) is 0 Å². The third-order valence-corrected chi connectivity index (χ3v) is 1.59. The molecule has 0 aliphatic carbocycles. The van der Waals surface area contributed by atoms with Crippen LogP contribution in [-0.2, 0) is 9.53 Å². The van der Waals surface area contributed by atoms with Crippen LogP contribution in [-0.4, -0.2) is 32.1 Å². The van der Waals surface area contributed by atoms with E-state index in [0.717, 1.165) is 26.3 Å². The summed E-state index contributed by atoms with van der Waals surface area (Å²) in [5, 5.41) is 3.16. The minimum Gasteiger partial charge on any atom is -0.379 e. The Balaban J connectivity index is 0.000000249. The molecule has 0 amide bonds. The van der Waals surface area contributed by atoms with Crippen LogP contribution in [0, 0.1) is 0 Å². The molecule has 0 unspecified atom stereocenters. The summed E-state index contributed by atoms with van der Waals surface area (Å²) in [4.78, 5) is 10.5. The molecule has 1 aliphatic heterocycles. The Morgan fingerprint density at radius 2 is 1.71 bits per heavy atom. The van der Waals surface area contributed by atoms with Crippen molar-refractivity contribution >= 4 is 5.78 Å². The second kappa shape index (κ2) is 10.2. The first kappa shape index (κ1) is 13.1. The molecule has 0 radical (unpaired) electrons. The van der Waals surface area contributed by atoms with Gasteiger partial charge in [0.2, 0.25) is 0 Å². The number of allylic oxidation sites excluding steroid dienone is 2. The number of rotatable bonds is 4. The van der Waals surface area contributed by atoms with Gasteiger partial charge in [0.1, 0.15) is 5.78 Å². The molecule has 3 heteroatoms. The number of nitrogens with one attached hydrogen (secondary N) is 1. The van der Waals surface area contributed by atoms with Crippen LogP contribution >= 0.6 is 0 Å². The van der Waals surface area contributed by atoms with Crippen molar-refractivity contribution in [3.63, 3.8) is 0 Å². The fraction of sp³-hybridized carbons (Fsp3) is 0.545. The average Bonchev–Trinajstić information content (AvgIpc) is 2.22. The number of hydrogen-bond donors (Lipinski definition) is 1. The molecule has 0 bridgehead atoms. The van der Waals surface area contributed by atoms with Gasteiger partial charge in [-0.3, -0.25) is 4.79 Å². The van der Waals surface area contributed by atoms with Crippen molar-refractivity contribution in [1.29, 1.82) is 0 Å². The standard InChI is InChI=1S/C7H10O.C4H9NO/c1-3-5-7(8)6-4-2;1-3-6-4-2-5-1/h3-4H,1-2,5-6H2;5H,1-4H2. The Morgan fingerprint density at radius 3 is 1.93 bits per heavy atom. The highest BCUT2D eigenvalue weighted by Crippen LogP contribution is 1.89. The van der Waals surface area contributed by atoms with Crippen molar-refractivity contribution in [2.45, 2.75) is 12.8 Å². The van der Waals surface area contributed by atoms with Crippen LogP contribution in [0.25, 0.3) is 0 Å². The molecule has 1 saturated heterocycles. The number of ketones is 1. The second-order valence-electron chi connectivity index (χ2n) is 2.89. The summed E-state index contributed by atoms with van der Waals surface area (Å²) in [7, 11) is 0. The van der Waals surface area contributed by atoms with Crippen LogP contribution in [0.15, 0.2) is 25.3 Å². The normalized spacial score (nSPS) is 14.9. The molecule has 0 saturated carbocycles. The molecular formula is C11H19NO2. The third kappa shape index (κ3) is 9.16. The number of Topliss-reactive ketones (excluding diaryl/α,β-unsaturated/α-hetero) is 1. The smallest absolute Gasteiger partial charge is 0.140 e. The van der Waals surface area contributed by atoms with Gasteiger partial charge in [-0.1, -0.05) is 12.2 Å². The van der Waals surface area contributed by atoms with E-state index >= 15 is 0 Å². The first-order chi connectivity index (χ1) is 6.81. The lowest BCUT2D eigenvalue weighted by Crippen LogP contribution is -2.30. The molecule has 0 aromatic carbocycles. The van der Waals surface area contributed by atoms with Gasteiger partial charge in [-0.25, -0.2) is 0 Å². The van der Waals surface area contributed by atoms with Gasteiger partial charge in [0, 0.05) is 25.9 Å². The van der Waals surface area contributed by atoms with Gasteiger partial charge in [0.25, 0.3) is 0 Å². The highest BCUT2D eigenvalue weighted by Gasteiger charge is 1.93. The average molecular weight is 197 g/mol. The van der Waals surface area contributed by atoms with Gasteiger partial charge in [-0.15, -0.1) is 13.2 Å². The van der Waals surface area contributed by atoms with Crippen LogP contribution in [0.3, 0.4) is 0 Å².